The second-order valence-corrected chi connectivity index (χ2v) is 13.0. The third kappa shape index (κ3) is 11.4. The average molecular weight is 573 g/mol. The maximum absolute atomic E-state index is 12.7. The molecule has 10 nitrogen and oxygen atoms in total. The van der Waals surface area contributed by atoms with E-state index in [4.69, 9.17) is 9.47 Å². The highest BCUT2D eigenvalue weighted by Crippen LogP contribution is 2.19. The third-order valence-corrected chi connectivity index (χ3v) is 6.44. The van der Waals surface area contributed by atoms with Crippen LogP contribution in [0, 0.1) is 17.8 Å². The first kappa shape index (κ1) is 32.2. The lowest BCUT2D eigenvalue weighted by atomic mass is 9.87. The minimum atomic E-state index is -3.09. The van der Waals surface area contributed by atoms with Crippen LogP contribution in [-0.2, 0) is 19.4 Å². The van der Waals surface area contributed by atoms with E-state index in [9.17, 15) is 27.9 Å². The number of benzene rings is 2. The molecule has 0 unspecified atom stereocenters. The van der Waals surface area contributed by atoms with Crippen LogP contribution in [-0.4, -0.2) is 67.8 Å². The van der Waals surface area contributed by atoms with E-state index in [0.29, 0.717) is 16.9 Å². The van der Waals surface area contributed by atoms with Crippen molar-refractivity contribution in [2.75, 3.05) is 25.2 Å². The van der Waals surface area contributed by atoms with Crippen LogP contribution in [0.1, 0.15) is 56.1 Å². The Hall–Kier alpha value is -4.04. The topological polar surface area (TPSA) is 148 Å². The molecule has 0 heterocycles. The van der Waals surface area contributed by atoms with Crippen molar-refractivity contribution in [3.05, 3.63) is 65.2 Å². The van der Waals surface area contributed by atoms with Crippen molar-refractivity contribution in [3.63, 3.8) is 0 Å². The van der Waals surface area contributed by atoms with Crippen molar-refractivity contribution < 1.29 is 37.4 Å². The summed E-state index contributed by atoms with van der Waals surface area (Å²) >= 11 is 0. The van der Waals surface area contributed by atoms with E-state index < -0.39 is 44.9 Å². The number of hydrogen-bond acceptors (Lipinski definition) is 7. The van der Waals surface area contributed by atoms with Crippen LogP contribution in [0.25, 0.3) is 0 Å². The Morgan fingerprint density at radius 3 is 1.93 bits per heavy atom. The fourth-order valence-electron chi connectivity index (χ4n) is 3.40. The van der Waals surface area contributed by atoms with Crippen LogP contribution in [0.15, 0.2) is 48.5 Å². The summed E-state index contributed by atoms with van der Waals surface area (Å²) in [5, 5.41) is 14.9. The molecule has 2 aromatic carbocycles. The number of carbonyl (C=O) groups is 3. The predicted octanol–water partition coefficient (Wildman–Crippen LogP) is 3.24. The van der Waals surface area contributed by atoms with Crippen molar-refractivity contribution in [2.45, 2.75) is 45.8 Å². The van der Waals surface area contributed by atoms with Gasteiger partial charge < -0.3 is 25.2 Å². The first-order valence-corrected chi connectivity index (χ1v) is 14.6. The van der Waals surface area contributed by atoms with E-state index in [0.717, 1.165) is 11.8 Å². The monoisotopic (exact) mass is 572 g/mol. The smallest absolute Gasteiger partial charge is 0.408 e. The van der Waals surface area contributed by atoms with E-state index in [1.165, 1.54) is 0 Å². The standard InChI is InChI=1S/C29H36N2O8S/c1-28(2,3)39-27(35)31-29(4,5)24(26(33)34)19-30-25(32)22-13-9-20(10-14-22)7-8-21-11-15-23(16-12-21)38-17-18-40(6,36)37/h9-16,24H,17-19H2,1-6H3,(H,30,32)(H,31,35)(H,33,34)/t24-/m1/s1. The third-order valence-electron chi connectivity index (χ3n) is 5.53. The van der Waals surface area contributed by atoms with Gasteiger partial charge in [-0.3, -0.25) is 9.59 Å². The van der Waals surface area contributed by atoms with Crippen molar-refractivity contribution in [1.82, 2.24) is 10.6 Å². The minimum absolute atomic E-state index is 0.0635. The zero-order valence-electron chi connectivity index (χ0n) is 23.5. The fourth-order valence-corrected chi connectivity index (χ4v) is 3.78. The molecular weight excluding hydrogens is 536 g/mol. The van der Waals surface area contributed by atoms with E-state index in [-0.39, 0.29) is 18.9 Å². The van der Waals surface area contributed by atoms with Crippen molar-refractivity contribution >= 4 is 27.8 Å². The SMILES string of the molecule is CC(C)(C)OC(=O)NC(C)(C)[C@H](CNC(=O)c1ccc(C#Cc2ccc(OCCS(C)(=O)=O)cc2)cc1)C(=O)O. The molecule has 0 fully saturated rings. The number of rotatable bonds is 10. The summed E-state index contributed by atoms with van der Waals surface area (Å²) in [5.74, 6) is 3.71. The molecule has 216 valence electrons. The average Bonchev–Trinajstić information content (AvgIpc) is 2.81. The molecule has 2 rings (SSSR count). The number of carboxylic acids is 1. The summed E-state index contributed by atoms with van der Waals surface area (Å²) in [6, 6.07) is 13.4. The number of alkyl carbamates (subject to hydrolysis) is 1. The van der Waals surface area contributed by atoms with Crippen LogP contribution < -0.4 is 15.4 Å². The number of carboxylic acid groups (broad SMARTS) is 1. The number of ether oxygens (including phenoxy) is 2. The zero-order valence-corrected chi connectivity index (χ0v) is 24.3. The van der Waals surface area contributed by atoms with Gasteiger partial charge in [-0.1, -0.05) is 11.8 Å². The Kier molecular flexibility index (Phi) is 10.7. The Balaban J connectivity index is 1.96. The first-order valence-electron chi connectivity index (χ1n) is 12.5. The Labute approximate surface area is 235 Å². The summed E-state index contributed by atoms with van der Waals surface area (Å²) in [6.45, 7) is 8.06. The molecule has 3 N–H and O–H groups in total. The maximum atomic E-state index is 12.7. The van der Waals surface area contributed by atoms with Gasteiger partial charge in [0.25, 0.3) is 5.91 Å². The molecule has 0 aromatic heterocycles. The fraction of sp³-hybridized carbons (Fsp3) is 0.414. The summed E-state index contributed by atoms with van der Waals surface area (Å²) in [4.78, 5) is 36.7. The Bertz CT molecular complexity index is 1360. The zero-order chi connectivity index (χ0) is 30.1. The molecule has 0 aliphatic heterocycles. The van der Waals surface area contributed by atoms with Gasteiger partial charge in [0.05, 0.1) is 17.2 Å². The first-order chi connectivity index (χ1) is 18.4. The van der Waals surface area contributed by atoms with Gasteiger partial charge >= 0.3 is 12.1 Å². The molecule has 0 aliphatic rings. The number of amides is 2. The lowest BCUT2D eigenvalue weighted by Crippen LogP contribution is -2.56. The molecule has 0 spiro atoms. The lowest BCUT2D eigenvalue weighted by Gasteiger charge is -2.33. The molecule has 0 saturated carbocycles. The quantitative estimate of drug-likeness (QED) is 0.368. The van der Waals surface area contributed by atoms with E-state index in [2.05, 4.69) is 22.5 Å². The van der Waals surface area contributed by atoms with Gasteiger partial charge in [0.15, 0.2) is 9.84 Å². The normalized spacial score (nSPS) is 12.3. The molecule has 2 aromatic rings. The molecule has 0 radical (unpaired) electrons. The molecule has 40 heavy (non-hydrogen) atoms. The number of carbonyl (C=O) groups excluding carboxylic acids is 2. The van der Waals surface area contributed by atoms with Crippen LogP contribution >= 0.6 is 0 Å². The molecule has 11 heteroatoms. The number of aliphatic carboxylic acids is 1. The van der Waals surface area contributed by atoms with Gasteiger partial charge in [0, 0.05) is 29.5 Å². The van der Waals surface area contributed by atoms with Crippen LogP contribution in [0.4, 0.5) is 4.79 Å². The number of hydrogen-bond donors (Lipinski definition) is 3. The molecule has 0 aliphatic carbocycles. The van der Waals surface area contributed by atoms with Gasteiger partial charge in [0.2, 0.25) is 0 Å². The van der Waals surface area contributed by atoms with E-state index >= 15 is 0 Å². The summed E-state index contributed by atoms with van der Waals surface area (Å²) in [7, 11) is -3.09. The van der Waals surface area contributed by atoms with Crippen molar-refractivity contribution in [3.8, 4) is 17.6 Å². The second kappa shape index (κ2) is 13.3. The van der Waals surface area contributed by atoms with Crippen LogP contribution in [0.2, 0.25) is 0 Å². The van der Waals surface area contributed by atoms with E-state index in [1.54, 1.807) is 83.1 Å². The summed E-state index contributed by atoms with van der Waals surface area (Å²) in [5.41, 5.74) is -0.244. The van der Waals surface area contributed by atoms with Gasteiger partial charge in [-0.15, -0.1) is 0 Å². The summed E-state index contributed by atoms with van der Waals surface area (Å²) in [6.07, 6.45) is 0.402. The van der Waals surface area contributed by atoms with Gasteiger partial charge in [-0.05, 0) is 83.1 Å². The van der Waals surface area contributed by atoms with Gasteiger partial charge in [-0.25, -0.2) is 13.2 Å². The molecular formula is C29H36N2O8S. The predicted molar refractivity (Wildman–Crippen MR) is 151 cm³/mol. The lowest BCUT2D eigenvalue weighted by molar-refractivity contribution is -0.143. The Morgan fingerprint density at radius 1 is 0.925 bits per heavy atom. The molecule has 0 saturated heterocycles. The minimum Gasteiger partial charge on any atom is -0.493 e. The molecule has 0 bridgehead atoms. The maximum Gasteiger partial charge on any atom is 0.408 e. The molecule has 1 atom stereocenters. The van der Waals surface area contributed by atoms with Crippen molar-refractivity contribution in [2.24, 2.45) is 5.92 Å². The largest absolute Gasteiger partial charge is 0.493 e. The van der Waals surface area contributed by atoms with Crippen molar-refractivity contribution in [1.29, 1.82) is 0 Å². The highest BCUT2D eigenvalue weighted by atomic mass is 32.2. The molecule has 2 amide bonds. The highest BCUT2D eigenvalue weighted by molar-refractivity contribution is 7.90. The van der Waals surface area contributed by atoms with E-state index in [1.807, 2.05) is 0 Å². The number of sulfone groups is 1. The van der Waals surface area contributed by atoms with Gasteiger partial charge in [0.1, 0.15) is 18.0 Å². The highest BCUT2D eigenvalue weighted by Gasteiger charge is 2.38. The number of nitrogens with one attached hydrogen (secondary N) is 2. The van der Waals surface area contributed by atoms with Gasteiger partial charge in [-0.2, -0.15) is 0 Å². The summed E-state index contributed by atoms with van der Waals surface area (Å²) < 4.78 is 33.0. The van der Waals surface area contributed by atoms with Crippen LogP contribution in [0.5, 0.6) is 5.75 Å². The Morgan fingerprint density at radius 2 is 1.45 bits per heavy atom. The second-order valence-electron chi connectivity index (χ2n) is 10.8. The van der Waals surface area contributed by atoms with Crippen LogP contribution in [0.3, 0.4) is 0 Å².